The van der Waals surface area contributed by atoms with Crippen molar-refractivity contribution in [2.45, 2.75) is 26.2 Å². The van der Waals surface area contributed by atoms with Crippen molar-refractivity contribution < 1.29 is 0 Å². The fourth-order valence-electron chi connectivity index (χ4n) is 2.03. The van der Waals surface area contributed by atoms with Crippen LogP contribution in [0.2, 0.25) is 0 Å². The third-order valence-electron chi connectivity index (χ3n) is 3.32. The molecule has 88 valence electrons. The fourth-order valence-corrected chi connectivity index (χ4v) is 2.03. The van der Waals surface area contributed by atoms with Crippen molar-refractivity contribution in [3.8, 4) is 0 Å². The molecule has 1 saturated carbocycles. The third-order valence-corrected chi connectivity index (χ3v) is 3.32. The van der Waals surface area contributed by atoms with Gasteiger partial charge in [0.2, 0.25) is 0 Å². The highest BCUT2D eigenvalue weighted by atomic mass is 15.2. The molecule has 2 rings (SSSR count). The van der Waals surface area contributed by atoms with E-state index in [9.17, 15) is 0 Å². The zero-order valence-corrected chi connectivity index (χ0v) is 10.1. The fraction of sp³-hybridized carbons (Fsp3) is 0.667. The van der Waals surface area contributed by atoms with E-state index in [-0.39, 0.29) is 0 Å². The summed E-state index contributed by atoms with van der Waals surface area (Å²) in [6.07, 6.45) is 5.78. The summed E-state index contributed by atoms with van der Waals surface area (Å²) in [4.78, 5) is 10.8. The maximum atomic E-state index is 4.34. The van der Waals surface area contributed by atoms with Crippen LogP contribution in [0, 0.1) is 5.92 Å². The summed E-state index contributed by atoms with van der Waals surface area (Å²) in [5, 5.41) is 3.05. The van der Waals surface area contributed by atoms with Gasteiger partial charge in [0.05, 0.1) is 0 Å². The molecule has 1 aromatic rings. The Labute approximate surface area is 97.1 Å². The molecule has 4 heteroatoms. The van der Waals surface area contributed by atoms with Crippen LogP contribution in [0.25, 0.3) is 0 Å². The molecule has 0 aromatic carbocycles. The van der Waals surface area contributed by atoms with Crippen molar-refractivity contribution in [3.05, 3.63) is 12.4 Å². The number of nitrogens with zero attached hydrogens (tertiary/aromatic N) is 3. The molecule has 0 bridgehead atoms. The summed E-state index contributed by atoms with van der Waals surface area (Å²) in [5.74, 6) is 2.79. The van der Waals surface area contributed by atoms with Crippen molar-refractivity contribution in [3.63, 3.8) is 0 Å². The van der Waals surface area contributed by atoms with Crippen molar-refractivity contribution in [1.29, 1.82) is 0 Å². The maximum Gasteiger partial charge on any atom is 0.134 e. The Morgan fingerprint density at radius 2 is 2.25 bits per heavy atom. The van der Waals surface area contributed by atoms with Gasteiger partial charge in [-0.25, -0.2) is 9.97 Å². The summed E-state index contributed by atoms with van der Waals surface area (Å²) in [5.41, 5.74) is 0. The molecule has 1 aromatic heterocycles. The lowest BCUT2D eigenvalue weighted by atomic mass is 9.85. The Morgan fingerprint density at radius 3 is 2.81 bits per heavy atom. The van der Waals surface area contributed by atoms with Gasteiger partial charge < -0.3 is 10.2 Å². The number of aromatic nitrogens is 2. The van der Waals surface area contributed by atoms with E-state index in [4.69, 9.17) is 0 Å². The molecule has 1 fully saturated rings. The molecule has 0 saturated heterocycles. The van der Waals surface area contributed by atoms with Crippen molar-refractivity contribution in [2.24, 2.45) is 5.92 Å². The van der Waals surface area contributed by atoms with E-state index in [0.29, 0.717) is 0 Å². The lowest BCUT2D eigenvalue weighted by Gasteiger charge is -2.32. The van der Waals surface area contributed by atoms with Crippen molar-refractivity contribution in [2.75, 3.05) is 30.4 Å². The number of rotatable bonds is 5. The van der Waals surface area contributed by atoms with Gasteiger partial charge in [0.25, 0.3) is 0 Å². The van der Waals surface area contributed by atoms with Crippen LogP contribution in [0.3, 0.4) is 0 Å². The second-order valence-electron chi connectivity index (χ2n) is 4.35. The minimum Gasteiger partial charge on any atom is -0.373 e. The van der Waals surface area contributed by atoms with E-state index in [1.165, 1.54) is 19.3 Å². The Bertz CT molecular complexity index is 336. The molecule has 1 aliphatic carbocycles. The Kier molecular flexibility index (Phi) is 3.59. The molecule has 0 amide bonds. The van der Waals surface area contributed by atoms with Gasteiger partial charge >= 0.3 is 0 Å². The molecule has 16 heavy (non-hydrogen) atoms. The monoisotopic (exact) mass is 220 g/mol. The van der Waals surface area contributed by atoms with Crippen LogP contribution in [0.15, 0.2) is 12.4 Å². The zero-order valence-electron chi connectivity index (χ0n) is 10.1. The van der Waals surface area contributed by atoms with Crippen LogP contribution in [-0.4, -0.2) is 30.1 Å². The highest BCUT2D eigenvalue weighted by Crippen LogP contribution is 2.28. The predicted octanol–water partition coefficient (Wildman–Crippen LogP) is 2.14. The van der Waals surface area contributed by atoms with Crippen LogP contribution in [-0.2, 0) is 0 Å². The SMILES string of the molecule is CCN(CC1CCC1)c1cc(NC)ncn1. The first-order chi connectivity index (χ1) is 7.83. The van der Waals surface area contributed by atoms with Crippen molar-refractivity contribution >= 4 is 11.6 Å². The quantitative estimate of drug-likeness (QED) is 0.825. The molecule has 4 nitrogen and oxygen atoms in total. The van der Waals surface area contributed by atoms with E-state index < -0.39 is 0 Å². The molecule has 1 heterocycles. The van der Waals surface area contributed by atoms with Gasteiger partial charge in [0.1, 0.15) is 18.0 Å². The second kappa shape index (κ2) is 5.14. The summed E-state index contributed by atoms with van der Waals surface area (Å²) in [6.45, 7) is 4.33. The van der Waals surface area contributed by atoms with Gasteiger partial charge in [0, 0.05) is 26.2 Å². The van der Waals surface area contributed by atoms with Crippen molar-refractivity contribution in [1.82, 2.24) is 9.97 Å². The standard InChI is InChI=1S/C12H20N4/c1-3-16(8-10-5-4-6-10)12-7-11(13-2)14-9-15-12/h7,9-10H,3-6,8H2,1-2H3,(H,13,14,15). The minimum atomic E-state index is 0.868. The van der Waals surface area contributed by atoms with Crippen LogP contribution in [0.4, 0.5) is 11.6 Å². The van der Waals surface area contributed by atoms with E-state index in [2.05, 4.69) is 27.1 Å². The number of hydrogen-bond donors (Lipinski definition) is 1. The lowest BCUT2D eigenvalue weighted by Crippen LogP contribution is -2.33. The Balaban J connectivity index is 2.05. The Morgan fingerprint density at radius 1 is 1.44 bits per heavy atom. The second-order valence-corrected chi connectivity index (χ2v) is 4.35. The van der Waals surface area contributed by atoms with Gasteiger partial charge in [-0.05, 0) is 25.7 Å². The van der Waals surface area contributed by atoms with Gasteiger partial charge in [-0.2, -0.15) is 0 Å². The van der Waals surface area contributed by atoms with E-state index in [1.54, 1.807) is 6.33 Å². The summed E-state index contributed by atoms with van der Waals surface area (Å²) in [6, 6.07) is 2.02. The zero-order chi connectivity index (χ0) is 11.4. The first-order valence-corrected chi connectivity index (χ1v) is 6.08. The molecule has 0 aliphatic heterocycles. The van der Waals surface area contributed by atoms with Crippen LogP contribution in [0.5, 0.6) is 0 Å². The highest BCUT2D eigenvalue weighted by molar-refractivity contribution is 5.48. The predicted molar refractivity (Wildman–Crippen MR) is 66.8 cm³/mol. The number of hydrogen-bond acceptors (Lipinski definition) is 4. The molecule has 1 aliphatic rings. The van der Waals surface area contributed by atoms with Gasteiger partial charge in [-0.15, -0.1) is 0 Å². The summed E-state index contributed by atoms with van der Waals surface area (Å²) < 4.78 is 0. The number of nitrogens with one attached hydrogen (secondary N) is 1. The first kappa shape index (κ1) is 11.2. The van der Waals surface area contributed by atoms with Gasteiger partial charge in [0.15, 0.2) is 0 Å². The van der Waals surface area contributed by atoms with E-state index in [0.717, 1.165) is 30.6 Å². The third kappa shape index (κ3) is 2.43. The molecule has 1 N–H and O–H groups in total. The van der Waals surface area contributed by atoms with Crippen LogP contribution in [0.1, 0.15) is 26.2 Å². The highest BCUT2D eigenvalue weighted by Gasteiger charge is 2.20. The van der Waals surface area contributed by atoms with Gasteiger partial charge in [-0.3, -0.25) is 0 Å². The molecular formula is C12H20N4. The van der Waals surface area contributed by atoms with Crippen LogP contribution >= 0.6 is 0 Å². The average molecular weight is 220 g/mol. The Hall–Kier alpha value is -1.32. The minimum absolute atomic E-state index is 0.868. The van der Waals surface area contributed by atoms with Crippen LogP contribution < -0.4 is 10.2 Å². The molecule has 0 unspecified atom stereocenters. The van der Waals surface area contributed by atoms with Gasteiger partial charge in [-0.1, -0.05) is 6.42 Å². The smallest absolute Gasteiger partial charge is 0.134 e. The largest absolute Gasteiger partial charge is 0.373 e. The number of anilines is 2. The summed E-state index contributed by atoms with van der Waals surface area (Å²) in [7, 11) is 1.88. The molecule has 0 spiro atoms. The average Bonchev–Trinajstić information content (AvgIpc) is 2.28. The normalized spacial score (nSPS) is 15.6. The molecule has 0 radical (unpaired) electrons. The molecule has 0 atom stereocenters. The first-order valence-electron chi connectivity index (χ1n) is 6.08. The maximum absolute atomic E-state index is 4.34. The topological polar surface area (TPSA) is 41.0 Å². The lowest BCUT2D eigenvalue weighted by molar-refractivity contribution is 0.318. The van der Waals surface area contributed by atoms with E-state index in [1.807, 2.05) is 13.1 Å². The summed E-state index contributed by atoms with van der Waals surface area (Å²) >= 11 is 0. The van der Waals surface area contributed by atoms with E-state index >= 15 is 0 Å². The molecular weight excluding hydrogens is 200 g/mol.